The first kappa shape index (κ1) is 16.5. The van der Waals surface area contributed by atoms with Gasteiger partial charge in [0.1, 0.15) is 12.3 Å². The Bertz CT molecular complexity index is 737. The largest absolute Gasteiger partial charge is 0.496 e. The monoisotopic (exact) mass is 316 g/mol. The number of ether oxygens (including phenoxy) is 1. The predicted octanol–water partition coefficient (Wildman–Crippen LogP) is 1.28. The Morgan fingerprint density at radius 3 is 2.52 bits per heavy atom. The second kappa shape index (κ2) is 6.95. The molecule has 1 aromatic carbocycles. The second-order valence-corrected chi connectivity index (χ2v) is 5.29. The van der Waals surface area contributed by atoms with E-state index in [2.05, 4.69) is 16.0 Å². The van der Waals surface area contributed by atoms with Crippen molar-refractivity contribution in [3.63, 3.8) is 0 Å². The molecule has 2 amide bonds. The molecule has 0 bridgehead atoms. The van der Waals surface area contributed by atoms with Crippen LogP contribution >= 0.6 is 0 Å². The highest BCUT2D eigenvalue weighted by Crippen LogP contribution is 2.19. The van der Waals surface area contributed by atoms with Crippen molar-refractivity contribution in [3.8, 4) is 5.75 Å². The SMILES string of the molecule is COc1ccc(C)cc1C(=O)NNC(=O)Cn1nc(C)cc1C. The van der Waals surface area contributed by atoms with Crippen molar-refractivity contribution >= 4 is 11.8 Å². The highest BCUT2D eigenvalue weighted by molar-refractivity contribution is 5.98. The first-order chi connectivity index (χ1) is 10.9. The van der Waals surface area contributed by atoms with E-state index in [1.54, 1.807) is 16.8 Å². The Kier molecular flexibility index (Phi) is 5.00. The Morgan fingerprint density at radius 2 is 1.91 bits per heavy atom. The van der Waals surface area contributed by atoms with Gasteiger partial charge in [-0.1, -0.05) is 11.6 Å². The Morgan fingerprint density at radius 1 is 1.17 bits per heavy atom. The molecule has 0 aliphatic heterocycles. The van der Waals surface area contributed by atoms with Crippen molar-refractivity contribution in [1.82, 2.24) is 20.6 Å². The summed E-state index contributed by atoms with van der Waals surface area (Å²) in [5.41, 5.74) is 7.77. The minimum Gasteiger partial charge on any atom is -0.496 e. The number of carbonyl (C=O) groups excluding carboxylic acids is 2. The van der Waals surface area contributed by atoms with Crippen LogP contribution in [0.4, 0.5) is 0 Å². The molecule has 0 saturated carbocycles. The molecule has 23 heavy (non-hydrogen) atoms. The summed E-state index contributed by atoms with van der Waals surface area (Å²) in [6.07, 6.45) is 0. The molecule has 1 heterocycles. The third-order valence-electron chi connectivity index (χ3n) is 3.31. The lowest BCUT2D eigenvalue weighted by Gasteiger charge is -2.11. The number of hydrogen-bond acceptors (Lipinski definition) is 4. The van der Waals surface area contributed by atoms with Crippen LogP contribution in [0.3, 0.4) is 0 Å². The topological polar surface area (TPSA) is 85.3 Å². The molecule has 0 atom stereocenters. The molecule has 7 nitrogen and oxygen atoms in total. The molecule has 0 aliphatic carbocycles. The van der Waals surface area contributed by atoms with Gasteiger partial charge < -0.3 is 4.74 Å². The minimum absolute atomic E-state index is 0.0326. The molecule has 1 aromatic heterocycles. The number of benzene rings is 1. The van der Waals surface area contributed by atoms with Gasteiger partial charge in [-0.15, -0.1) is 0 Å². The van der Waals surface area contributed by atoms with Crippen molar-refractivity contribution in [2.24, 2.45) is 0 Å². The summed E-state index contributed by atoms with van der Waals surface area (Å²) in [6, 6.07) is 7.13. The zero-order valence-electron chi connectivity index (χ0n) is 13.6. The predicted molar refractivity (Wildman–Crippen MR) is 85.0 cm³/mol. The molecule has 0 unspecified atom stereocenters. The average Bonchev–Trinajstić information content (AvgIpc) is 2.82. The van der Waals surface area contributed by atoms with Crippen LogP contribution in [0.2, 0.25) is 0 Å². The van der Waals surface area contributed by atoms with Crippen molar-refractivity contribution in [3.05, 3.63) is 46.8 Å². The first-order valence-corrected chi connectivity index (χ1v) is 7.15. The van der Waals surface area contributed by atoms with Crippen molar-refractivity contribution in [1.29, 1.82) is 0 Å². The number of amides is 2. The maximum atomic E-state index is 12.2. The molecule has 2 aromatic rings. The van der Waals surface area contributed by atoms with Crippen LogP contribution in [0.5, 0.6) is 5.75 Å². The van der Waals surface area contributed by atoms with E-state index in [4.69, 9.17) is 4.74 Å². The molecule has 0 spiro atoms. The quantitative estimate of drug-likeness (QED) is 0.832. The standard InChI is InChI=1S/C16H20N4O3/c1-10-5-6-14(23-4)13(7-10)16(22)18-17-15(21)9-20-12(3)8-11(2)19-20/h5-8H,9H2,1-4H3,(H,17,21)(H,18,22). The van der Waals surface area contributed by atoms with Gasteiger partial charge in [-0.25, -0.2) is 0 Å². The summed E-state index contributed by atoms with van der Waals surface area (Å²) in [6.45, 7) is 5.62. The van der Waals surface area contributed by atoms with Crippen LogP contribution in [0.25, 0.3) is 0 Å². The molecule has 0 radical (unpaired) electrons. The van der Waals surface area contributed by atoms with E-state index in [-0.39, 0.29) is 12.5 Å². The summed E-state index contributed by atoms with van der Waals surface area (Å²) >= 11 is 0. The zero-order valence-corrected chi connectivity index (χ0v) is 13.6. The molecule has 2 N–H and O–H groups in total. The van der Waals surface area contributed by atoms with Crippen molar-refractivity contribution in [2.45, 2.75) is 27.3 Å². The summed E-state index contributed by atoms with van der Waals surface area (Å²) in [7, 11) is 1.49. The highest BCUT2D eigenvalue weighted by atomic mass is 16.5. The van der Waals surface area contributed by atoms with E-state index in [1.165, 1.54) is 7.11 Å². The molecule has 2 rings (SSSR count). The van der Waals surface area contributed by atoms with Crippen LogP contribution in [0, 0.1) is 20.8 Å². The Labute approximate surface area is 134 Å². The number of rotatable bonds is 4. The van der Waals surface area contributed by atoms with E-state index >= 15 is 0 Å². The third-order valence-corrected chi connectivity index (χ3v) is 3.31. The lowest BCUT2D eigenvalue weighted by Crippen LogP contribution is -2.43. The molecular formula is C16H20N4O3. The second-order valence-electron chi connectivity index (χ2n) is 5.29. The summed E-state index contributed by atoms with van der Waals surface area (Å²) in [5, 5.41) is 4.20. The van der Waals surface area contributed by atoms with E-state index in [1.807, 2.05) is 32.9 Å². The lowest BCUT2D eigenvalue weighted by atomic mass is 10.1. The number of methoxy groups -OCH3 is 1. The van der Waals surface area contributed by atoms with Gasteiger partial charge in [0.15, 0.2) is 0 Å². The Hall–Kier alpha value is -2.83. The lowest BCUT2D eigenvalue weighted by molar-refractivity contribution is -0.122. The average molecular weight is 316 g/mol. The van der Waals surface area contributed by atoms with Crippen molar-refractivity contribution < 1.29 is 14.3 Å². The van der Waals surface area contributed by atoms with Gasteiger partial charge in [-0.3, -0.25) is 25.1 Å². The summed E-state index contributed by atoms with van der Waals surface area (Å²) in [5.74, 6) is -0.357. The number of aromatic nitrogens is 2. The number of aryl methyl sites for hydroxylation is 3. The van der Waals surface area contributed by atoms with Crippen molar-refractivity contribution in [2.75, 3.05) is 7.11 Å². The van der Waals surface area contributed by atoms with Crippen LogP contribution in [0.15, 0.2) is 24.3 Å². The van der Waals surface area contributed by atoms with Gasteiger partial charge >= 0.3 is 0 Å². The van der Waals surface area contributed by atoms with E-state index < -0.39 is 5.91 Å². The number of hydrazine groups is 1. The number of hydrogen-bond donors (Lipinski definition) is 2. The van der Waals surface area contributed by atoms with Crippen LogP contribution < -0.4 is 15.6 Å². The molecule has 0 saturated heterocycles. The summed E-state index contributed by atoms with van der Waals surface area (Å²) < 4.78 is 6.73. The fourth-order valence-corrected chi connectivity index (χ4v) is 2.20. The fourth-order valence-electron chi connectivity index (χ4n) is 2.20. The Balaban J connectivity index is 1.97. The van der Waals surface area contributed by atoms with Gasteiger partial charge in [0.05, 0.1) is 18.4 Å². The molecular weight excluding hydrogens is 296 g/mol. The summed E-state index contributed by atoms with van der Waals surface area (Å²) in [4.78, 5) is 24.1. The molecule has 0 fully saturated rings. The first-order valence-electron chi connectivity index (χ1n) is 7.15. The third kappa shape index (κ3) is 4.09. The van der Waals surface area contributed by atoms with Gasteiger partial charge in [0.25, 0.3) is 11.8 Å². The fraction of sp³-hybridized carbons (Fsp3) is 0.312. The van der Waals surface area contributed by atoms with Gasteiger partial charge in [-0.05, 0) is 39.0 Å². The smallest absolute Gasteiger partial charge is 0.273 e. The minimum atomic E-state index is -0.438. The normalized spacial score (nSPS) is 10.3. The zero-order chi connectivity index (χ0) is 17.0. The van der Waals surface area contributed by atoms with Gasteiger partial charge in [0, 0.05) is 5.69 Å². The van der Waals surface area contributed by atoms with Gasteiger partial charge in [0.2, 0.25) is 0 Å². The van der Waals surface area contributed by atoms with E-state index in [0.29, 0.717) is 11.3 Å². The van der Waals surface area contributed by atoms with Gasteiger partial charge in [-0.2, -0.15) is 5.10 Å². The molecule has 122 valence electrons. The number of nitrogens with one attached hydrogen (secondary N) is 2. The van der Waals surface area contributed by atoms with Crippen LogP contribution in [-0.4, -0.2) is 28.7 Å². The molecule has 0 aliphatic rings. The van der Waals surface area contributed by atoms with E-state index in [0.717, 1.165) is 17.0 Å². The maximum absolute atomic E-state index is 12.2. The van der Waals surface area contributed by atoms with Crippen LogP contribution in [-0.2, 0) is 11.3 Å². The maximum Gasteiger partial charge on any atom is 0.273 e. The molecule has 7 heteroatoms. The van der Waals surface area contributed by atoms with E-state index in [9.17, 15) is 9.59 Å². The van der Waals surface area contributed by atoms with Crippen LogP contribution in [0.1, 0.15) is 27.3 Å². The number of nitrogens with zero attached hydrogens (tertiary/aromatic N) is 2. The highest BCUT2D eigenvalue weighted by Gasteiger charge is 2.14. The number of carbonyl (C=O) groups is 2.